The maximum Gasteiger partial charge on any atom is 0.306 e. The highest BCUT2D eigenvalue weighted by atomic mass is 79.9. The highest BCUT2D eigenvalue weighted by molar-refractivity contribution is 9.10. The first kappa shape index (κ1) is 12.6. The Morgan fingerprint density at radius 3 is 3.18 bits per heavy atom. The van der Waals surface area contributed by atoms with Crippen LogP contribution in [0, 0.1) is 0 Å². The second-order valence-electron chi connectivity index (χ2n) is 4.18. The molecule has 0 fully saturated rings. The normalized spacial score (nSPS) is 17.9. The molecule has 1 aromatic carbocycles. The number of nitrogens with one attached hydrogen (secondary N) is 1. The van der Waals surface area contributed by atoms with Crippen molar-refractivity contribution in [3.8, 4) is 0 Å². The third-order valence-corrected chi connectivity index (χ3v) is 3.90. The number of hydrogen-bond donors (Lipinski definition) is 1. The summed E-state index contributed by atoms with van der Waals surface area (Å²) >= 11 is 3.58. The lowest BCUT2D eigenvalue weighted by atomic mass is 10.1. The maximum absolute atomic E-state index is 11.0. The van der Waals surface area contributed by atoms with Gasteiger partial charge in [-0.3, -0.25) is 4.79 Å². The second-order valence-corrected chi connectivity index (χ2v) is 5.03. The average Bonchev–Trinajstić information content (AvgIpc) is 2.74. The van der Waals surface area contributed by atoms with E-state index in [1.54, 1.807) is 0 Å². The number of fused-ring (bicyclic) bond motifs is 1. The summed E-state index contributed by atoms with van der Waals surface area (Å²) in [5, 5.41) is 3.41. The summed E-state index contributed by atoms with van der Waals surface area (Å²) in [6, 6.07) is 6.66. The topological polar surface area (TPSA) is 38.3 Å². The van der Waals surface area contributed by atoms with E-state index in [1.807, 2.05) is 0 Å². The number of carbonyl (C=O) groups excluding carboxylic acids is 1. The second kappa shape index (κ2) is 5.65. The zero-order valence-corrected chi connectivity index (χ0v) is 11.4. The van der Waals surface area contributed by atoms with Crippen molar-refractivity contribution in [2.24, 2.45) is 0 Å². The highest BCUT2D eigenvalue weighted by Gasteiger charge is 2.23. The first-order valence-electron chi connectivity index (χ1n) is 5.80. The predicted octanol–water partition coefficient (Wildman–Crippen LogP) is 2.59. The predicted molar refractivity (Wildman–Crippen MR) is 69.8 cm³/mol. The Balaban J connectivity index is 1.94. The zero-order valence-electron chi connectivity index (χ0n) is 9.83. The van der Waals surface area contributed by atoms with E-state index in [-0.39, 0.29) is 5.97 Å². The van der Waals surface area contributed by atoms with E-state index >= 15 is 0 Å². The molecular formula is C13H16BrNO2. The summed E-state index contributed by atoms with van der Waals surface area (Å²) in [6.45, 7) is 0.670. The summed E-state index contributed by atoms with van der Waals surface area (Å²) in [4.78, 5) is 11.0. The van der Waals surface area contributed by atoms with Crippen molar-refractivity contribution in [1.29, 1.82) is 0 Å². The Hall–Kier alpha value is -0.870. The van der Waals surface area contributed by atoms with Gasteiger partial charge in [0.15, 0.2) is 0 Å². The molecule has 2 rings (SSSR count). The van der Waals surface area contributed by atoms with Crippen LogP contribution in [0.25, 0.3) is 0 Å². The van der Waals surface area contributed by atoms with Gasteiger partial charge >= 0.3 is 5.97 Å². The lowest BCUT2D eigenvalue weighted by Crippen LogP contribution is -2.22. The van der Waals surface area contributed by atoms with Crippen LogP contribution in [0.2, 0.25) is 0 Å². The first-order valence-corrected chi connectivity index (χ1v) is 6.59. The molecule has 0 spiro atoms. The Bertz CT molecular complexity index is 420. The van der Waals surface area contributed by atoms with Gasteiger partial charge in [0.1, 0.15) is 0 Å². The average molecular weight is 298 g/mol. The minimum absolute atomic E-state index is 0.162. The van der Waals surface area contributed by atoms with Crippen LogP contribution in [0.5, 0.6) is 0 Å². The molecule has 0 saturated carbocycles. The highest BCUT2D eigenvalue weighted by Crippen LogP contribution is 2.35. The minimum atomic E-state index is -0.162. The van der Waals surface area contributed by atoms with Crippen molar-refractivity contribution in [1.82, 2.24) is 5.32 Å². The van der Waals surface area contributed by atoms with Crippen LogP contribution in [0.4, 0.5) is 0 Å². The summed E-state index contributed by atoms with van der Waals surface area (Å²) in [5.74, 6) is -0.162. The van der Waals surface area contributed by atoms with Crippen molar-refractivity contribution in [3.63, 3.8) is 0 Å². The standard InChI is InChI=1S/C13H16BrNO2/c1-17-13(16)7-8-15-12-6-5-9-10(12)3-2-4-11(9)14/h2-4,12,15H,5-8H2,1H3. The van der Waals surface area contributed by atoms with Gasteiger partial charge in [-0.25, -0.2) is 0 Å². The molecule has 0 saturated heterocycles. The Kier molecular flexibility index (Phi) is 4.18. The van der Waals surface area contributed by atoms with Crippen LogP contribution in [-0.2, 0) is 16.0 Å². The Morgan fingerprint density at radius 2 is 2.41 bits per heavy atom. The van der Waals surface area contributed by atoms with Crippen LogP contribution < -0.4 is 5.32 Å². The maximum atomic E-state index is 11.0. The molecule has 1 N–H and O–H groups in total. The van der Waals surface area contributed by atoms with Gasteiger partial charge in [-0.1, -0.05) is 28.1 Å². The van der Waals surface area contributed by atoms with Crippen LogP contribution in [0.3, 0.4) is 0 Å². The van der Waals surface area contributed by atoms with E-state index in [9.17, 15) is 4.79 Å². The minimum Gasteiger partial charge on any atom is -0.469 e. The number of carbonyl (C=O) groups is 1. The van der Waals surface area contributed by atoms with Gasteiger partial charge in [-0.2, -0.15) is 0 Å². The smallest absolute Gasteiger partial charge is 0.306 e. The molecule has 1 atom stereocenters. The largest absolute Gasteiger partial charge is 0.469 e. The lowest BCUT2D eigenvalue weighted by molar-refractivity contribution is -0.140. The molecule has 0 heterocycles. The molecule has 1 unspecified atom stereocenters. The van der Waals surface area contributed by atoms with E-state index in [2.05, 4.69) is 44.2 Å². The number of ether oxygens (including phenoxy) is 1. The van der Waals surface area contributed by atoms with E-state index < -0.39 is 0 Å². The molecule has 3 nitrogen and oxygen atoms in total. The van der Waals surface area contributed by atoms with Crippen molar-refractivity contribution < 1.29 is 9.53 Å². The monoisotopic (exact) mass is 297 g/mol. The number of methoxy groups -OCH3 is 1. The fourth-order valence-corrected chi connectivity index (χ4v) is 2.85. The van der Waals surface area contributed by atoms with Crippen molar-refractivity contribution in [2.75, 3.05) is 13.7 Å². The molecular weight excluding hydrogens is 282 g/mol. The van der Waals surface area contributed by atoms with Gasteiger partial charge in [0.25, 0.3) is 0 Å². The van der Waals surface area contributed by atoms with E-state index in [1.165, 1.54) is 22.7 Å². The molecule has 0 aliphatic heterocycles. The molecule has 0 amide bonds. The summed E-state index contributed by atoms with van der Waals surface area (Å²) < 4.78 is 5.80. The fourth-order valence-electron chi connectivity index (χ4n) is 2.27. The number of hydrogen-bond acceptors (Lipinski definition) is 3. The molecule has 0 radical (unpaired) electrons. The van der Waals surface area contributed by atoms with Crippen molar-refractivity contribution in [2.45, 2.75) is 25.3 Å². The summed E-state index contributed by atoms with van der Waals surface area (Å²) in [5.41, 5.74) is 2.74. The Morgan fingerprint density at radius 1 is 1.59 bits per heavy atom. The Labute approximate surface area is 110 Å². The van der Waals surface area contributed by atoms with Crippen LogP contribution in [0.1, 0.15) is 30.0 Å². The third kappa shape index (κ3) is 2.87. The van der Waals surface area contributed by atoms with Crippen molar-refractivity contribution >= 4 is 21.9 Å². The number of rotatable bonds is 4. The fraction of sp³-hybridized carbons (Fsp3) is 0.462. The van der Waals surface area contributed by atoms with E-state index in [0.29, 0.717) is 19.0 Å². The molecule has 4 heteroatoms. The lowest BCUT2D eigenvalue weighted by Gasteiger charge is -2.13. The molecule has 1 aliphatic carbocycles. The van der Waals surface area contributed by atoms with Gasteiger partial charge in [0, 0.05) is 17.1 Å². The molecule has 1 aromatic rings. The van der Waals surface area contributed by atoms with Gasteiger partial charge < -0.3 is 10.1 Å². The van der Waals surface area contributed by atoms with Gasteiger partial charge in [-0.15, -0.1) is 0 Å². The number of esters is 1. The van der Waals surface area contributed by atoms with Gasteiger partial charge in [-0.05, 0) is 30.0 Å². The zero-order chi connectivity index (χ0) is 12.3. The van der Waals surface area contributed by atoms with Gasteiger partial charge in [0.2, 0.25) is 0 Å². The van der Waals surface area contributed by atoms with E-state index in [4.69, 9.17) is 0 Å². The SMILES string of the molecule is COC(=O)CCNC1CCc2c(Br)cccc21. The third-order valence-electron chi connectivity index (χ3n) is 3.16. The van der Waals surface area contributed by atoms with Crippen molar-refractivity contribution in [3.05, 3.63) is 33.8 Å². The molecule has 0 aromatic heterocycles. The molecule has 1 aliphatic rings. The molecule has 17 heavy (non-hydrogen) atoms. The number of halogens is 1. The summed E-state index contributed by atoms with van der Waals surface area (Å²) in [6.07, 6.45) is 2.61. The van der Waals surface area contributed by atoms with E-state index in [0.717, 1.165) is 12.8 Å². The van der Waals surface area contributed by atoms with Gasteiger partial charge in [0.05, 0.1) is 13.5 Å². The molecule has 92 valence electrons. The number of benzene rings is 1. The quantitative estimate of drug-likeness (QED) is 0.868. The summed E-state index contributed by atoms with van der Waals surface area (Å²) in [7, 11) is 1.42. The van der Waals surface area contributed by atoms with Crippen LogP contribution in [0.15, 0.2) is 22.7 Å². The molecule has 0 bridgehead atoms. The van der Waals surface area contributed by atoms with Crippen LogP contribution in [-0.4, -0.2) is 19.6 Å². The first-order chi connectivity index (χ1) is 8.22. The van der Waals surface area contributed by atoms with Crippen LogP contribution >= 0.6 is 15.9 Å².